The molecule has 0 aliphatic rings. The Hall–Kier alpha value is -2.94. The first-order valence-electron chi connectivity index (χ1n) is 9.78. The summed E-state index contributed by atoms with van der Waals surface area (Å²) in [5, 5.41) is 10.0. The van der Waals surface area contributed by atoms with Crippen molar-refractivity contribution in [2.45, 2.75) is 19.5 Å². The van der Waals surface area contributed by atoms with E-state index in [9.17, 15) is 18.3 Å². The van der Waals surface area contributed by atoms with Gasteiger partial charge in [-0.05, 0) is 35.4 Å². The standard InChI is InChI=1S/C23H18Cl2F3N3O2/c1-30-20-10-18(24)19(25)11-21(20)31(12-14-5-7-15(13-32)8-6-14)22(30)29-16-3-2-4-17(9-16)33-23(26,27)28/h2-11,32H,12-13H2,1H3/b29-22-. The van der Waals surface area contributed by atoms with Crippen LogP contribution in [0.1, 0.15) is 11.1 Å². The van der Waals surface area contributed by atoms with E-state index in [1.54, 1.807) is 29.8 Å². The molecule has 0 radical (unpaired) electrons. The Morgan fingerprint density at radius 1 is 0.939 bits per heavy atom. The molecule has 1 N–H and O–H groups in total. The first kappa shape index (κ1) is 23.2. The molecule has 5 nitrogen and oxygen atoms in total. The number of hydrogen-bond donors (Lipinski definition) is 1. The SMILES string of the molecule is Cn1/c(=N/c2cccc(OC(F)(F)F)c2)n(Cc2ccc(CO)cc2)c2cc(Cl)c(Cl)cc21. The van der Waals surface area contributed by atoms with Gasteiger partial charge in [-0.25, -0.2) is 4.99 Å². The van der Waals surface area contributed by atoms with Crippen LogP contribution >= 0.6 is 23.2 Å². The van der Waals surface area contributed by atoms with Gasteiger partial charge >= 0.3 is 6.36 Å². The number of rotatable bonds is 5. The molecular weight excluding hydrogens is 478 g/mol. The normalized spacial score (nSPS) is 12.5. The number of hydrogen-bond acceptors (Lipinski definition) is 3. The molecule has 10 heteroatoms. The van der Waals surface area contributed by atoms with Crippen molar-refractivity contribution in [2.24, 2.45) is 12.0 Å². The predicted molar refractivity (Wildman–Crippen MR) is 121 cm³/mol. The minimum atomic E-state index is -4.80. The van der Waals surface area contributed by atoms with Gasteiger partial charge in [0.25, 0.3) is 0 Å². The fourth-order valence-corrected chi connectivity index (χ4v) is 3.81. The fourth-order valence-electron chi connectivity index (χ4n) is 3.50. The maximum absolute atomic E-state index is 12.6. The van der Waals surface area contributed by atoms with E-state index in [0.717, 1.165) is 22.2 Å². The van der Waals surface area contributed by atoms with Crippen molar-refractivity contribution in [1.82, 2.24) is 9.13 Å². The Kier molecular flexibility index (Phi) is 6.43. The van der Waals surface area contributed by atoms with E-state index in [-0.39, 0.29) is 18.0 Å². The number of aliphatic hydroxyl groups excluding tert-OH is 1. The van der Waals surface area contributed by atoms with Crippen molar-refractivity contribution in [3.63, 3.8) is 0 Å². The molecule has 0 amide bonds. The third kappa shape index (κ3) is 5.19. The lowest BCUT2D eigenvalue weighted by Crippen LogP contribution is -2.24. The average molecular weight is 496 g/mol. The van der Waals surface area contributed by atoms with Crippen LogP contribution in [0, 0.1) is 0 Å². The molecule has 0 saturated heterocycles. The van der Waals surface area contributed by atoms with Crippen LogP contribution in [0.5, 0.6) is 5.75 Å². The van der Waals surface area contributed by atoms with E-state index in [1.807, 2.05) is 28.8 Å². The minimum absolute atomic E-state index is 0.0628. The molecule has 0 aliphatic heterocycles. The second-order valence-corrected chi connectivity index (χ2v) is 8.15. The highest BCUT2D eigenvalue weighted by Gasteiger charge is 2.31. The molecule has 0 bridgehead atoms. The summed E-state index contributed by atoms with van der Waals surface area (Å²) in [6.45, 7) is 0.339. The van der Waals surface area contributed by atoms with Crippen molar-refractivity contribution < 1.29 is 23.0 Å². The monoisotopic (exact) mass is 495 g/mol. The second-order valence-electron chi connectivity index (χ2n) is 7.33. The first-order valence-corrected chi connectivity index (χ1v) is 10.5. The number of aromatic nitrogens is 2. The summed E-state index contributed by atoms with van der Waals surface area (Å²) in [5.41, 5.74) is 3.96. The Balaban J connectivity index is 1.89. The van der Waals surface area contributed by atoms with Gasteiger partial charge in [0.1, 0.15) is 5.75 Å². The van der Waals surface area contributed by atoms with Gasteiger partial charge in [0.15, 0.2) is 0 Å². The summed E-state index contributed by atoms with van der Waals surface area (Å²) in [7, 11) is 1.78. The van der Waals surface area contributed by atoms with Gasteiger partial charge in [0.05, 0.1) is 39.9 Å². The van der Waals surface area contributed by atoms with Gasteiger partial charge in [0, 0.05) is 13.1 Å². The number of imidazole rings is 1. The molecule has 33 heavy (non-hydrogen) atoms. The summed E-state index contributed by atoms with van der Waals surface area (Å²) in [6.07, 6.45) is -4.80. The maximum atomic E-state index is 12.6. The Morgan fingerprint density at radius 2 is 1.58 bits per heavy atom. The summed E-state index contributed by atoms with van der Waals surface area (Å²) >= 11 is 12.5. The number of benzene rings is 3. The zero-order chi connectivity index (χ0) is 23.8. The molecule has 0 unspecified atom stereocenters. The van der Waals surface area contributed by atoms with Crippen molar-refractivity contribution in [3.8, 4) is 5.75 Å². The number of alkyl halides is 3. The average Bonchev–Trinajstić information content (AvgIpc) is 2.99. The largest absolute Gasteiger partial charge is 0.573 e. The number of aryl methyl sites for hydroxylation is 1. The Morgan fingerprint density at radius 3 is 2.21 bits per heavy atom. The molecule has 3 aromatic carbocycles. The van der Waals surface area contributed by atoms with Crippen molar-refractivity contribution >= 4 is 39.9 Å². The Bertz CT molecular complexity index is 1380. The highest BCUT2D eigenvalue weighted by atomic mass is 35.5. The maximum Gasteiger partial charge on any atom is 0.573 e. The second kappa shape index (κ2) is 9.13. The molecule has 0 spiro atoms. The molecule has 0 atom stereocenters. The van der Waals surface area contributed by atoms with E-state index >= 15 is 0 Å². The predicted octanol–water partition coefficient (Wildman–Crippen LogP) is 5.96. The highest BCUT2D eigenvalue weighted by molar-refractivity contribution is 6.42. The number of halogens is 5. The summed E-state index contributed by atoms with van der Waals surface area (Å²) < 4.78 is 45.6. The molecule has 4 rings (SSSR count). The van der Waals surface area contributed by atoms with E-state index in [2.05, 4.69) is 9.73 Å². The van der Waals surface area contributed by atoms with Crippen LogP contribution in [0.25, 0.3) is 11.0 Å². The van der Waals surface area contributed by atoms with Crippen molar-refractivity contribution in [3.05, 3.63) is 87.5 Å². The zero-order valence-corrected chi connectivity index (χ0v) is 18.8. The number of fused-ring (bicyclic) bond motifs is 1. The lowest BCUT2D eigenvalue weighted by Gasteiger charge is -2.09. The van der Waals surface area contributed by atoms with Crippen LogP contribution in [0.15, 0.2) is 65.7 Å². The lowest BCUT2D eigenvalue weighted by molar-refractivity contribution is -0.274. The highest BCUT2D eigenvalue weighted by Crippen LogP contribution is 2.29. The van der Waals surface area contributed by atoms with Gasteiger partial charge in [-0.15, -0.1) is 13.2 Å². The zero-order valence-electron chi connectivity index (χ0n) is 17.3. The van der Waals surface area contributed by atoms with Crippen LogP contribution in [-0.2, 0) is 20.2 Å². The van der Waals surface area contributed by atoms with Gasteiger partial charge in [-0.2, -0.15) is 0 Å². The van der Waals surface area contributed by atoms with Crippen LogP contribution < -0.4 is 10.4 Å². The molecule has 4 aromatic rings. The van der Waals surface area contributed by atoms with E-state index < -0.39 is 6.36 Å². The van der Waals surface area contributed by atoms with E-state index in [1.165, 1.54) is 18.2 Å². The fraction of sp³-hybridized carbons (Fsp3) is 0.174. The number of nitrogens with zero attached hydrogens (tertiary/aromatic N) is 3. The van der Waals surface area contributed by atoms with Gasteiger partial charge in [-0.1, -0.05) is 53.5 Å². The third-order valence-electron chi connectivity index (χ3n) is 5.04. The summed E-state index contributed by atoms with van der Waals surface area (Å²) in [6, 6.07) is 16.3. The van der Waals surface area contributed by atoms with Crippen molar-refractivity contribution in [1.29, 1.82) is 0 Å². The third-order valence-corrected chi connectivity index (χ3v) is 5.76. The van der Waals surface area contributed by atoms with Gasteiger partial charge in [-0.3, -0.25) is 0 Å². The van der Waals surface area contributed by atoms with Crippen LogP contribution in [0.4, 0.5) is 18.9 Å². The van der Waals surface area contributed by atoms with Gasteiger partial charge in [0.2, 0.25) is 5.62 Å². The van der Waals surface area contributed by atoms with Crippen LogP contribution in [0.2, 0.25) is 10.0 Å². The van der Waals surface area contributed by atoms with Gasteiger partial charge < -0.3 is 19.0 Å². The molecule has 0 fully saturated rings. The topological polar surface area (TPSA) is 51.7 Å². The van der Waals surface area contributed by atoms with Crippen LogP contribution in [-0.4, -0.2) is 20.6 Å². The van der Waals surface area contributed by atoms with E-state index in [4.69, 9.17) is 23.2 Å². The minimum Gasteiger partial charge on any atom is -0.406 e. The van der Waals surface area contributed by atoms with E-state index in [0.29, 0.717) is 22.2 Å². The first-order chi connectivity index (χ1) is 15.6. The molecule has 0 saturated carbocycles. The molecule has 0 aliphatic carbocycles. The quantitative estimate of drug-likeness (QED) is 0.371. The summed E-state index contributed by atoms with van der Waals surface area (Å²) in [5.74, 6) is -0.361. The molecule has 1 heterocycles. The number of aliphatic hydroxyl groups is 1. The van der Waals surface area contributed by atoms with Crippen molar-refractivity contribution in [2.75, 3.05) is 0 Å². The molecular formula is C23H18Cl2F3N3O2. The molecule has 1 aromatic heterocycles. The smallest absolute Gasteiger partial charge is 0.406 e. The summed E-state index contributed by atoms with van der Waals surface area (Å²) in [4.78, 5) is 4.61. The lowest BCUT2D eigenvalue weighted by atomic mass is 10.1. The number of ether oxygens (including phenoxy) is 1. The molecule has 172 valence electrons. The van der Waals surface area contributed by atoms with Crippen LogP contribution in [0.3, 0.4) is 0 Å². The Labute approximate surface area is 196 Å².